The molecule has 0 unspecified atom stereocenters. The highest BCUT2D eigenvalue weighted by Crippen LogP contribution is 2.54. The molecule has 1 spiro atoms. The number of rotatable bonds is 6. The van der Waals surface area contributed by atoms with Crippen molar-refractivity contribution in [3.8, 4) is 23.2 Å². The molecular formula is C30H30F3N9O3S. The first kappa shape index (κ1) is 30.2. The third kappa shape index (κ3) is 6.04. The van der Waals surface area contributed by atoms with Crippen molar-refractivity contribution in [1.29, 1.82) is 0 Å². The van der Waals surface area contributed by atoms with Crippen molar-refractivity contribution in [3.05, 3.63) is 60.4 Å². The maximum atomic E-state index is 13.0. The van der Waals surface area contributed by atoms with E-state index in [2.05, 4.69) is 47.2 Å². The molecule has 3 aliphatic rings. The van der Waals surface area contributed by atoms with E-state index in [1.165, 1.54) is 18.6 Å². The second-order valence-corrected chi connectivity index (χ2v) is 14.6. The molecule has 2 aliphatic carbocycles. The Bertz CT molecular complexity index is 1960. The van der Waals surface area contributed by atoms with Crippen LogP contribution in [0.3, 0.4) is 0 Å². The van der Waals surface area contributed by atoms with Gasteiger partial charge < -0.3 is 15.3 Å². The minimum atomic E-state index is -4.63. The van der Waals surface area contributed by atoms with E-state index < -0.39 is 27.2 Å². The Morgan fingerprint density at radius 2 is 1.78 bits per heavy atom. The molecule has 0 amide bonds. The van der Waals surface area contributed by atoms with Crippen LogP contribution >= 0.6 is 0 Å². The van der Waals surface area contributed by atoms with Gasteiger partial charge >= 0.3 is 6.30 Å². The van der Waals surface area contributed by atoms with Crippen molar-refractivity contribution >= 4 is 27.3 Å². The number of aromatic nitrogens is 7. The van der Waals surface area contributed by atoms with Gasteiger partial charge in [-0.15, -0.1) is 13.2 Å². The van der Waals surface area contributed by atoms with Crippen LogP contribution in [0.2, 0.25) is 0 Å². The highest BCUT2D eigenvalue weighted by Gasteiger charge is 2.51. The molecule has 4 aromatic heterocycles. The van der Waals surface area contributed by atoms with E-state index in [1.807, 2.05) is 13.0 Å². The summed E-state index contributed by atoms with van der Waals surface area (Å²) in [5, 5.41) is 20.5. The highest BCUT2D eigenvalue weighted by atomic mass is 32.2. The van der Waals surface area contributed by atoms with Crippen molar-refractivity contribution in [1.82, 2.24) is 33.9 Å². The van der Waals surface area contributed by atoms with E-state index in [0.717, 1.165) is 47.9 Å². The van der Waals surface area contributed by atoms with Crippen LogP contribution in [0.5, 0.6) is 0 Å². The largest absolute Gasteiger partial charge is 0.504 e. The van der Waals surface area contributed by atoms with Crippen LogP contribution in [0, 0.1) is 17.3 Å². The summed E-state index contributed by atoms with van der Waals surface area (Å²) in [7, 11) is -3.53. The fourth-order valence-corrected chi connectivity index (χ4v) is 7.93. The van der Waals surface area contributed by atoms with Gasteiger partial charge in [0.1, 0.15) is 11.6 Å². The van der Waals surface area contributed by atoms with E-state index in [0.29, 0.717) is 48.7 Å². The molecule has 2 saturated carbocycles. The third-order valence-corrected chi connectivity index (χ3v) is 10.7. The second-order valence-electron chi connectivity index (χ2n) is 12.6. The predicted octanol–water partition coefficient (Wildman–Crippen LogP) is 4.02. The minimum absolute atomic E-state index is 0.0895. The lowest BCUT2D eigenvalue weighted by Gasteiger charge is -2.55. The summed E-state index contributed by atoms with van der Waals surface area (Å²) in [6.45, 7) is 3.29. The van der Waals surface area contributed by atoms with Gasteiger partial charge in [-0.3, -0.25) is 0 Å². The molecule has 3 fully saturated rings. The van der Waals surface area contributed by atoms with Gasteiger partial charge in [0.15, 0.2) is 5.82 Å². The van der Waals surface area contributed by atoms with Gasteiger partial charge in [0.05, 0.1) is 51.8 Å². The van der Waals surface area contributed by atoms with E-state index in [9.17, 15) is 26.7 Å². The number of anilines is 3. The number of pyridine rings is 1. The zero-order valence-corrected chi connectivity index (χ0v) is 25.6. The summed E-state index contributed by atoms with van der Waals surface area (Å²) in [4.78, 5) is 15.5. The number of aliphatic hydroxyl groups is 1. The van der Waals surface area contributed by atoms with Crippen molar-refractivity contribution in [2.45, 2.75) is 62.6 Å². The van der Waals surface area contributed by atoms with Crippen LogP contribution in [0.4, 0.5) is 30.5 Å². The van der Waals surface area contributed by atoms with Crippen LogP contribution in [-0.4, -0.2) is 71.4 Å². The topological polar surface area (TPSA) is 144 Å². The molecule has 0 bridgehead atoms. The fraction of sp³-hybridized carbons (Fsp3) is 0.433. The van der Waals surface area contributed by atoms with Gasteiger partial charge in [-0.1, -0.05) is 11.8 Å². The molecule has 240 valence electrons. The van der Waals surface area contributed by atoms with Gasteiger partial charge in [0, 0.05) is 37.7 Å². The van der Waals surface area contributed by atoms with Crippen LogP contribution in [-0.2, 0) is 16.3 Å². The zero-order chi connectivity index (χ0) is 32.3. The van der Waals surface area contributed by atoms with Crippen LogP contribution in [0.1, 0.15) is 56.6 Å². The van der Waals surface area contributed by atoms with Gasteiger partial charge in [0.25, 0.3) is 10.0 Å². The van der Waals surface area contributed by atoms with Gasteiger partial charge in [-0.25, -0.2) is 23.4 Å². The maximum absolute atomic E-state index is 13.0. The van der Waals surface area contributed by atoms with E-state index in [1.54, 1.807) is 12.3 Å². The lowest BCUT2D eigenvalue weighted by Crippen LogP contribution is -2.54. The summed E-state index contributed by atoms with van der Waals surface area (Å²) in [5.74, 6) is 6.89. The van der Waals surface area contributed by atoms with Gasteiger partial charge in [-0.05, 0) is 56.9 Å². The van der Waals surface area contributed by atoms with Crippen molar-refractivity contribution < 1.29 is 26.7 Å². The minimum Gasteiger partial charge on any atom is -0.390 e. The maximum Gasteiger partial charge on any atom is 0.504 e. The lowest BCUT2D eigenvalue weighted by atomic mass is 9.56. The van der Waals surface area contributed by atoms with Crippen LogP contribution < -0.4 is 10.2 Å². The molecule has 12 nitrogen and oxygen atoms in total. The Balaban J connectivity index is 1.15. The number of piperidine rings is 1. The molecule has 7 rings (SSSR count). The Kier molecular flexibility index (Phi) is 7.09. The predicted molar refractivity (Wildman–Crippen MR) is 161 cm³/mol. The molecule has 46 heavy (non-hydrogen) atoms. The number of halogens is 3. The average molecular weight is 654 g/mol. The number of nitrogens with one attached hydrogen (secondary N) is 1. The SMILES string of the molecule is CC1(O)CC2(CCN(c3cc(Nc4ccnc(-c5cnn(S(=O)(=O)C6CC6)c5)n4)ncc3C#Cc3cnn(C(F)(F)F)c3)CC2)C1. The number of alkyl halides is 3. The first-order valence-corrected chi connectivity index (χ1v) is 16.3. The first-order chi connectivity index (χ1) is 21.8. The second kappa shape index (κ2) is 10.8. The molecule has 5 heterocycles. The zero-order valence-electron chi connectivity index (χ0n) is 24.7. The normalized spacial score (nSPS) is 18.9. The summed E-state index contributed by atoms with van der Waals surface area (Å²) in [5.41, 5.74) is 1.33. The molecule has 1 aliphatic heterocycles. The lowest BCUT2D eigenvalue weighted by molar-refractivity contribution is -0.212. The van der Waals surface area contributed by atoms with Crippen molar-refractivity contribution in [2.75, 3.05) is 23.3 Å². The van der Waals surface area contributed by atoms with E-state index in [4.69, 9.17) is 0 Å². The van der Waals surface area contributed by atoms with Crippen molar-refractivity contribution in [2.24, 2.45) is 5.41 Å². The summed E-state index contributed by atoms with van der Waals surface area (Å²) < 4.78 is 65.0. The Labute approximate surface area is 262 Å². The number of hydrogen-bond donors (Lipinski definition) is 2. The quantitative estimate of drug-likeness (QED) is 0.293. The first-order valence-electron chi connectivity index (χ1n) is 14.8. The number of hydrogen-bond acceptors (Lipinski definition) is 10. The van der Waals surface area contributed by atoms with E-state index >= 15 is 0 Å². The molecule has 4 aromatic rings. The molecular weight excluding hydrogens is 623 g/mol. The molecule has 1 saturated heterocycles. The van der Waals surface area contributed by atoms with Crippen LogP contribution in [0.15, 0.2) is 49.3 Å². The number of nitrogens with zero attached hydrogens (tertiary/aromatic N) is 8. The Morgan fingerprint density at radius 3 is 2.46 bits per heavy atom. The average Bonchev–Trinajstić information content (AvgIpc) is 3.53. The van der Waals surface area contributed by atoms with Gasteiger partial charge in [-0.2, -0.15) is 19.0 Å². The van der Waals surface area contributed by atoms with E-state index in [-0.39, 0.29) is 21.5 Å². The summed E-state index contributed by atoms with van der Waals surface area (Å²) in [6.07, 6.45) is 7.71. The third-order valence-electron chi connectivity index (χ3n) is 8.68. The van der Waals surface area contributed by atoms with Gasteiger partial charge in [0.2, 0.25) is 0 Å². The smallest absolute Gasteiger partial charge is 0.390 e. The molecule has 16 heteroatoms. The van der Waals surface area contributed by atoms with Crippen molar-refractivity contribution in [3.63, 3.8) is 0 Å². The molecule has 0 atom stereocenters. The standard InChI is InChI=1S/C30H30F3N9O3S/c1-28(43)18-29(19-28)7-10-40(11-8-29)24-12-26(35-14-21(24)3-2-20-13-36-41(16-20)30(31,32)33)38-25-6-9-34-27(39-25)22-15-37-42(17-22)46(44,45)23-4-5-23/h6,9,12-17,23,43H,4-5,7-8,10-11,18-19H2,1H3,(H,34,35,38,39). The monoisotopic (exact) mass is 653 g/mol. The highest BCUT2D eigenvalue weighted by molar-refractivity contribution is 7.90. The summed E-state index contributed by atoms with van der Waals surface area (Å²) >= 11 is 0. The Morgan fingerprint density at radius 1 is 1.02 bits per heavy atom. The summed E-state index contributed by atoms with van der Waals surface area (Å²) in [6, 6.07) is 3.47. The fourth-order valence-electron chi connectivity index (χ4n) is 6.45. The van der Waals surface area contributed by atoms with Crippen LogP contribution in [0.25, 0.3) is 11.4 Å². The molecule has 0 radical (unpaired) electrons. The Hall–Kier alpha value is -4.49. The molecule has 0 aromatic carbocycles. The molecule has 2 N–H and O–H groups in total.